The van der Waals surface area contributed by atoms with Crippen molar-refractivity contribution in [2.45, 2.75) is 0 Å². The maximum Gasteiger partial charge on any atom is 0.185 e. The molecule has 4 heteroatoms. The minimum Gasteiger partial charge on any atom is -0.312 e. The van der Waals surface area contributed by atoms with Gasteiger partial charge >= 0.3 is 0 Å². The Morgan fingerprint density at radius 2 is 2.75 bits per heavy atom. The topological polar surface area (TPSA) is 41.5 Å². The average Bonchev–Trinajstić information content (AvgIpc) is 1.90. The first kappa shape index (κ1) is 5.62. The Morgan fingerprint density at radius 1 is 1.88 bits per heavy atom. The van der Waals surface area contributed by atoms with Gasteiger partial charge in [-0.05, 0) is 11.9 Å². The van der Waals surface area contributed by atoms with E-state index in [-0.39, 0.29) is 0 Å². The fourth-order valence-corrected chi connectivity index (χ4v) is 0.975. The lowest BCUT2D eigenvalue weighted by molar-refractivity contribution is -0.102. The predicted molar refractivity (Wildman–Crippen MR) is 34.0 cm³/mol. The van der Waals surface area contributed by atoms with Crippen LogP contribution in [0.2, 0.25) is 0 Å². The van der Waals surface area contributed by atoms with E-state index in [1.165, 1.54) is 11.9 Å². The van der Waals surface area contributed by atoms with Gasteiger partial charge in [0.2, 0.25) is 0 Å². The monoisotopic (exact) mass is 130 g/mol. The highest BCUT2D eigenvalue weighted by molar-refractivity contribution is 7.98. The summed E-state index contributed by atoms with van der Waals surface area (Å²) in [6.45, 7) is 0.756. The molecule has 1 heterocycles. The molecule has 44 valence electrons. The Morgan fingerprint density at radius 3 is 3.12 bits per heavy atom. The lowest BCUT2D eigenvalue weighted by atomic mass is 10.6. The number of rotatable bonds is 1. The van der Waals surface area contributed by atoms with Gasteiger partial charge in [-0.1, -0.05) is 0 Å². The predicted octanol–water partition coefficient (Wildman–Crippen LogP) is -0.165. The normalized spacial score (nSPS) is 18.8. The van der Waals surface area contributed by atoms with E-state index >= 15 is 0 Å². The molecule has 0 saturated heterocycles. The minimum absolute atomic E-state index is 0.459. The number of aliphatic imine (C=N–C) groups is 1. The minimum atomic E-state index is 0.459. The molecule has 1 aliphatic heterocycles. The first-order chi connectivity index (χ1) is 3.93. The molecule has 0 aromatic carbocycles. The van der Waals surface area contributed by atoms with E-state index in [1.807, 2.05) is 0 Å². The summed E-state index contributed by atoms with van der Waals surface area (Å²) in [5, 5.41) is 0. The van der Waals surface area contributed by atoms with E-state index in [0.29, 0.717) is 5.84 Å². The van der Waals surface area contributed by atoms with E-state index in [4.69, 9.17) is 0 Å². The van der Waals surface area contributed by atoms with Crippen molar-refractivity contribution in [1.82, 2.24) is 4.72 Å². The van der Waals surface area contributed by atoms with Crippen molar-refractivity contribution in [3.05, 3.63) is 0 Å². The molecule has 0 aromatic rings. The maximum atomic E-state index is 9.95. The zero-order chi connectivity index (χ0) is 5.82. The van der Waals surface area contributed by atoms with Crippen LogP contribution in [0.1, 0.15) is 0 Å². The van der Waals surface area contributed by atoms with Gasteiger partial charge in [0.1, 0.15) is 0 Å². The highest BCUT2D eigenvalue weighted by Crippen LogP contribution is 1.97. The number of carbonyl (C=O) groups is 1. The van der Waals surface area contributed by atoms with Crippen molar-refractivity contribution >= 4 is 24.1 Å². The zero-order valence-electron chi connectivity index (χ0n) is 4.26. The number of amidine groups is 1. The molecule has 0 radical (unpaired) electrons. The molecule has 0 bridgehead atoms. The molecule has 0 spiro atoms. The summed E-state index contributed by atoms with van der Waals surface area (Å²) in [7, 11) is 0. The first-order valence-corrected chi connectivity index (χ1v) is 3.29. The summed E-state index contributed by atoms with van der Waals surface area (Å²) < 4.78 is 2.77. The standard InChI is InChI=1S/C4H6N2OS/c7-3-4-5-1-2-8-6-4/h3H,1-2H2,(H,5,6). The third-order valence-corrected chi connectivity index (χ3v) is 1.50. The SMILES string of the molecule is O=CC1=NCCSN1. The summed E-state index contributed by atoms with van der Waals surface area (Å²) in [6.07, 6.45) is 0.728. The van der Waals surface area contributed by atoms with Gasteiger partial charge < -0.3 is 4.72 Å². The van der Waals surface area contributed by atoms with Gasteiger partial charge in [-0.3, -0.25) is 9.79 Å². The van der Waals surface area contributed by atoms with Crippen LogP contribution in [0.3, 0.4) is 0 Å². The van der Waals surface area contributed by atoms with Gasteiger partial charge in [0.15, 0.2) is 12.1 Å². The fraction of sp³-hybridized carbons (Fsp3) is 0.500. The number of nitrogens with zero attached hydrogens (tertiary/aromatic N) is 1. The third-order valence-electron chi connectivity index (χ3n) is 0.764. The van der Waals surface area contributed by atoms with Crippen LogP contribution in [0.5, 0.6) is 0 Å². The summed E-state index contributed by atoms with van der Waals surface area (Å²) in [6, 6.07) is 0. The van der Waals surface area contributed by atoms with E-state index in [9.17, 15) is 4.79 Å². The number of carbonyl (C=O) groups excluding carboxylic acids is 1. The van der Waals surface area contributed by atoms with Crippen molar-refractivity contribution in [2.75, 3.05) is 12.3 Å². The van der Waals surface area contributed by atoms with Crippen molar-refractivity contribution in [3.63, 3.8) is 0 Å². The van der Waals surface area contributed by atoms with Gasteiger partial charge in [-0.25, -0.2) is 0 Å². The maximum absolute atomic E-state index is 9.95. The smallest absolute Gasteiger partial charge is 0.185 e. The van der Waals surface area contributed by atoms with Crippen LogP contribution in [0.4, 0.5) is 0 Å². The molecule has 0 atom stereocenters. The van der Waals surface area contributed by atoms with E-state index < -0.39 is 0 Å². The largest absolute Gasteiger partial charge is 0.312 e. The zero-order valence-corrected chi connectivity index (χ0v) is 5.07. The molecular formula is C4H6N2OS. The lowest BCUT2D eigenvalue weighted by Crippen LogP contribution is -2.22. The lowest BCUT2D eigenvalue weighted by Gasteiger charge is -2.06. The van der Waals surface area contributed by atoms with E-state index in [2.05, 4.69) is 9.71 Å². The number of hydrogen-bond acceptors (Lipinski definition) is 4. The van der Waals surface area contributed by atoms with Crippen molar-refractivity contribution in [3.8, 4) is 0 Å². The Kier molecular flexibility index (Phi) is 1.91. The molecule has 0 amide bonds. The van der Waals surface area contributed by atoms with Crippen LogP contribution < -0.4 is 4.72 Å². The summed E-state index contributed by atoms with van der Waals surface area (Å²) >= 11 is 1.52. The van der Waals surface area contributed by atoms with Crippen molar-refractivity contribution in [1.29, 1.82) is 0 Å². The van der Waals surface area contributed by atoms with E-state index in [0.717, 1.165) is 18.6 Å². The van der Waals surface area contributed by atoms with Crippen molar-refractivity contribution in [2.24, 2.45) is 4.99 Å². The highest BCUT2D eigenvalue weighted by atomic mass is 32.2. The second kappa shape index (κ2) is 2.71. The molecule has 3 nitrogen and oxygen atoms in total. The molecule has 0 unspecified atom stereocenters. The Labute approximate surface area is 51.7 Å². The van der Waals surface area contributed by atoms with Gasteiger partial charge in [0.25, 0.3) is 0 Å². The number of aldehydes is 1. The molecule has 0 aliphatic carbocycles. The van der Waals surface area contributed by atoms with Gasteiger partial charge in [0.05, 0.1) is 6.54 Å². The van der Waals surface area contributed by atoms with Gasteiger partial charge in [-0.2, -0.15) is 0 Å². The van der Waals surface area contributed by atoms with Crippen LogP contribution in [-0.2, 0) is 4.79 Å². The van der Waals surface area contributed by atoms with Crippen LogP contribution in [-0.4, -0.2) is 24.4 Å². The molecule has 0 aromatic heterocycles. The second-order valence-electron chi connectivity index (χ2n) is 1.34. The average molecular weight is 130 g/mol. The molecule has 1 aliphatic rings. The fourth-order valence-electron chi connectivity index (χ4n) is 0.430. The molecule has 0 saturated carbocycles. The van der Waals surface area contributed by atoms with E-state index in [1.54, 1.807) is 0 Å². The van der Waals surface area contributed by atoms with Crippen LogP contribution in [0, 0.1) is 0 Å². The number of hydrogen-bond donors (Lipinski definition) is 1. The van der Waals surface area contributed by atoms with Gasteiger partial charge in [-0.15, -0.1) is 0 Å². The summed E-state index contributed by atoms with van der Waals surface area (Å²) in [5.74, 6) is 1.42. The van der Waals surface area contributed by atoms with Gasteiger partial charge in [0, 0.05) is 5.75 Å². The van der Waals surface area contributed by atoms with Crippen molar-refractivity contribution < 1.29 is 4.79 Å². The Balaban J connectivity index is 2.49. The Hall–Kier alpha value is -0.510. The molecular weight excluding hydrogens is 124 g/mol. The highest BCUT2D eigenvalue weighted by Gasteiger charge is 1.99. The quantitative estimate of drug-likeness (QED) is 0.396. The van der Waals surface area contributed by atoms with Crippen LogP contribution >= 0.6 is 11.9 Å². The third kappa shape index (κ3) is 1.23. The molecule has 8 heavy (non-hydrogen) atoms. The summed E-state index contributed by atoms with van der Waals surface area (Å²) in [4.78, 5) is 13.8. The first-order valence-electron chi connectivity index (χ1n) is 2.31. The molecule has 1 N–H and O–H groups in total. The van der Waals surface area contributed by atoms with Crippen LogP contribution in [0.25, 0.3) is 0 Å². The van der Waals surface area contributed by atoms with Crippen LogP contribution in [0.15, 0.2) is 4.99 Å². The molecule has 1 rings (SSSR count). The molecule has 0 fully saturated rings. The second-order valence-corrected chi connectivity index (χ2v) is 2.24. The number of nitrogens with one attached hydrogen (secondary N) is 1. The summed E-state index contributed by atoms with van der Waals surface area (Å²) in [5.41, 5.74) is 0. The Bertz CT molecular complexity index is 123.